The smallest absolute Gasteiger partial charge is 0.220 e. The van der Waals surface area contributed by atoms with E-state index in [0.717, 1.165) is 110 Å². The van der Waals surface area contributed by atoms with E-state index < -0.39 is 0 Å². The Morgan fingerprint density at radius 1 is 0.692 bits per heavy atom. The zero-order valence-corrected chi connectivity index (χ0v) is 30.9. The van der Waals surface area contributed by atoms with Crippen LogP contribution in [0.2, 0.25) is 10.0 Å². The van der Waals surface area contributed by atoms with Crippen molar-refractivity contribution in [2.75, 3.05) is 40.4 Å². The van der Waals surface area contributed by atoms with Crippen LogP contribution in [0.15, 0.2) is 48.8 Å². The van der Waals surface area contributed by atoms with Crippen LogP contribution in [0.25, 0.3) is 33.6 Å². The highest BCUT2D eigenvalue weighted by Gasteiger charge is 2.29. The number of benzene rings is 2. The number of hydrogen-bond donors (Lipinski definition) is 2. The van der Waals surface area contributed by atoms with Gasteiger partial charge in [-0.3, -0.25) is 29.4 Å². The van der Waals surface area contributed by atoms with Gasteiger partial charge in [0.2, 0.25) is 11.8 Å². The van der Waals surface area contributed by atoms with Crippen molar-refractivity contribution in [1.29, 1.82) is 0 Å². The number of aromatic nitrogens is 2. The SMILES string of the molecule is COc1cc(-c2nccc(-c3ccnc(-c4cc5c(c(OC)c4)CN(C[C@H]4CCC(=O)N4)CC5)c3Cl)c2Cl)cc2c1CN(C[C@H]1CCC(=O)N1)CC2. The molecular weight excluding hydrogens is 699 g/mol. The summed E-state index contributed by atoms with van der Waals surface area (Å²) in [5, 5.41) is 7.18. The molecular formula is C40H42Cl2N6O4. The molecule has 6 heterocycles. The largest absolute Gasteiger partial charge is 0.496 e. The van der Waals surface area contributed by atoms with Crippen molar-refractivity contribution in [3.8, 4) is 45.1 Å². The van der Waals surface area contributed by atoms with Gasteiger partial charge in [-0.1, -0.05) is 23.2 Å². The molecule has 0 spiro atoms. The first-order valence-electron chi connectivity index (χ1n) is 18.0. The highest BCUT2D eigenvalue weighted by atomic mass is 35.5. The molecule has 2 saturated heterocycles. The number of ether oxygens (including phenoxy) is 2. The third-order valence-corrected chi connectivity index (χ3v) is 11.7. The van der Waals surface area contributed by atoms with Crippen molar-refractivity contribution in [1.82, 2.24) is 30.4 Å². The third kappa shape index (κ3) is 6.85. The van der Waals surface area contributed by atoms with Crippen LogP contribution < -0.4 is 20.1 Å². The molecule has 12 heteroatoms. The number of methoxy groups -OCH3 is 2. The Hall–Kier alpha value is -4.22. The fourth-order valence-electron chi connectivity index (χ4n) is 8.28. The molecule has 2 atom stereocenters. The predicted octanol–water partition coefficient (Wildman–Crippen LogP) is 6.08. The van der Waals surface area contributed by atoms with Crippen LogP contribution in [-0.4, -0.2) is 84.1 Å². The summed E-state index contributed by atoms with van der Waals surface area (Å²) >= 11 is 14.4. The van der Waals surface area contributed by atoms with Crippen molar-refractivity contribution in [2.45, 2.75) is 63.7 Å². The summed E-state index contributed by atoms with van der Waals surface area (Å²) < 4.78 is 11.8. The summed E-state index contributed by atoms with van der Waals surface area (Å²) in [5.41, 5.74) is 9.35. The lowest BCUT2D eigenvalue weighted by Crippen LogP contribution is -2.41. The molecule has 2 aromatic heterocycles. The lowest BCUT2D eigenvalue weighted by atomic mass is 9.93. The van der Waals surface area contributed by atoms with Crippen molar-refractivity contribution >= 4 is 35.0 Å². The summed E-state index contributed by atoms with van der Waals surface area (Å²) in [6.07, 6.45) is 8.22. The second-order valence-electron chi connectivity index (χ2n) is 14.3. The standard InChI is InChI=1S/C40H42Cl2N6O4/c1-51-33-17-25(15-23-9-13-47(21-31(23)33)19-27-3-5-35(49)45-27)39-37(41)29(7-11-43-39)30-8-12-44-40(38(30)42)26-16-24-10-14-48(20-28-4-6-36(50)46-28)22-32(24)34(18-26)52-2/h7-8,11-12,15-18,27-28H,3-6,9-10,13-14,19-22H2,1-2H3,(H,45,49)(H,46,50)/t27-,28-/m1/s1. The summed E-state index contributed by atoms with van der Waals surface area (Å²) in [6, 6.07) is 12.6. The average Bonchev–Trinajstić information content (AvgIpc) is 3.77. The number of rotatable bonds is 9. The summed E-state index contributed by atoms with van der Waals surface area (Å²) in [4.78, 5) is 37.7. The maximum Gasteiger partial charge on any atom is 0.220 e. The molecule has 2 N–H and O–H groups in total. The van der Waals surface area contributed by atoms with E-state index in [2.05, 4.69) is 32.6 Å². The van der Waals surface area contributed by atoms with E-state index >= 15 is 0 Å². The summed E-state index contributed by atoms with van der Waals surface area (Å²) in [7, 11) is 3.39. The number of nitrogens with one attached hydrogen (secondary N) is 2. The van der Waals surface area contributed by atoms with Crippen LogP contribution in [0.3, 0.4) is 0 Å². The van der Waals surface area contributed by atoms with Crippen molar-refractivity contribution < 1.29 is 19.1 Å². The molecule has 4 aromatic rings. The van der Waals surface area contributed by atoms with Gasteiger partial charge in [0.05, 0.1) is 35.7 Å². The molecule has 2 amide bonds. The second kappa shape index (κ2) is 14.7. The normalized spacial score (nSPS) is 20.3. The van der Waals surface area contributed by atoms with Crippen molar-refractivity contribution in [3.05, 3.63) is 81.1 Å². The average molecular weight is 742 g/mol. The van der Waals surface area contributed by atoms with Crippen LogP contribution in [0.1, 0.15) is 47.9 Å². The Morgan fingerprint density at radius 2 is 1.13 bits per heavy atom. The fraction of sp³-hybridized carbons (Fsp3) is 0.400. The molecule has 2 fully saturated rings. The zero-order valence-electron chi connectivity index (χ0n) is 29.4. The molecule has 4 aliphatic heterocycles. The Kier molecular flexibility index (Phi) is 9.82. The highest BCUT2D eigenvalue weighted by molar-refractivity contribution is 6.39. The highest BCUT2D eigenvalue weighted by Crippen LogP contribution is 2.44. The Bertz CT molecular complexity index is 1880. The first kappa shape index (κ1) is 34.8. The number of nitrogens with zero attached hydrogens (tertiary/aromatic N) is 4. The molecule has 10 nitrogen and oxygen atoms in total. The van der Waals surface area contributed by atoms with Crippen molar-refractivity contribution in [2.24, 2.45) is 0 Å². The molecule has 52 heavy (non-hydrogen) atoms. The van der Waals surface area contributed by atoms with E-state index in [9.17, 15) is 9.59 Å². The van der Waals surface area contributed by atoms with E-state index in [4.69, 9.17) is 42.6 Å². The van der Waals surface area contributed by atoms with Crippen molar-refractivity contribution in [3.63, 3.8) is 0 Å². The predicted molar refractivity (Wildman–Crippen MR) is 202 cm³/mol. The van der Waals surface area contributed by atoms with Crippen LogP contribution in [0, 0.1) is 0 Å². The van der Waals surface area contributed by atoms with E-state index in [0.29, 0.717) is 34.3 Å². The quantitative estimate of drug-likeness (QED) is 0.213. The number of halogens is 2. The van der Waals surface area contributed by atoms with Crippen LogP contribution >= 0.6 is 23.2 Å². The number of carbonyl (C=O) groups is 2. The second-order valence-corrected chi connectivity index (χ2v) is 15.0. The van der Waals surface area contributed by atoms with Gasteiger partial charge in [0.15, 0.2) is 0 Å². The summed E-state index contributed by atoms with van der Waals surface area (Å²) in [6.45, 7) is 4.98. The first-order chi connectivity index (χ1) is 25.3. The van der Waals surface area contributed by atoms with E-state index in [1.807, 2.05) is 24.3 Å². The maximum atomic E-state index is 11.7. The number of amides is 2. The number of pyridine rings is 2. The lowest BCUT2D eigenvalue weighted by Gasteiger charge is -2.32. The van der Waals surface area contributed by atoms with Gasteiger partial charge in [-0.15, -0.1) is 0 Å². The van der Waals surface area contributed by atoms with E-state index in [-0.39, 0.29) is 23.9 Å². The third-order valence-electron chi connectivity index (χ3n) is 10.9. The lowest BCUT2D eigenvalue weighted by molar-refractivity contribution is -0.120. The van der Waals surface area contributed by atoms with Gasteiger partial charge in [0, 0.05) is 110 Å². The molecule has 0 aliphatic carbocycles. The van der Waals surface area contributed by atoms with Crippen LogP contribution in [0.4, 0.5) is 0 Å². The molecule has 0 radical (unpaired) electrons. The Labute approximate surface area is 313 Å². The molecule has 270 valence electrons. The van der Waals surface area contributed by atoms with Gasteiger partial charge in [0.25, 0.3) is 0 Å². The van der Waals surface area contributed by atoms with Gasteiger partial charge in [-0.2, -0.15) is 0 Å². The molecule has 0 saturated carbocycles. The molecule has 0 unspecified atom stereocenters. The first-order valence-corrected chi connectivity index (χ1v) is 18.8. The van der Waals surface area contributed by atoms with Gasteiger partial charge in [-0.25, -0.2) is 0 Å². The number of hydrogen-bond acceptors (Lipinski definition) is 8. The van der Waals surface area contributed by atoms with E-state index in [1.165, 1.54) is 11.1 Å². The van der Waals surface area contributed by atoms with E-state index in [1.54, 1.807) is 26.6 Å². The minimum Gasteiger partial charge on any atom is -0.496 e. The number of carbonyl (C=O) groups excluding carboxylic acids is 2. The minimum absolute atomic E-state index is 0.139. The fourth-order valence-corrected chi connectivity index (χ4v) is 8.93. The summed E-state index contributed by atoms with van der Waals surface area (Å²) in [5.74, 6) is 1.88. The molecule has 2 aromatic carbocycles. The zero-order chi connectivity index (χ0) is 35.9. The molecule has 0 bridgehead atoms. The minimum atomic E-state index is 0.139. The van der Waals surface area contributed by atoms with Gasteiger partial charge in [-0.05, 0) is 73.2 Å². The Morgan fingerprint density at radius 3 is 1.52 bits per heavy atom. The Balaban J connectivity index is 1.06. The monoisotopic (exact) mass is 740 g/mol. The maximum absolute atomic E-state index is 11.7. The van der Waals surface area contributed by atoms with Gasteiger partial charge < -0.3 is 20.1 Å². The van der Waals surface area contributed by atoms with Crippen LogP contribution in [0.5, 0.6) is 11.5 Å². The van der Waals surface area contributed by atoms with Gasteiger partial charge >= 0.3 is 0 Å². The molecule has 4 aliphatic rings. The topological polar surface area (TPSA) is 109 Å². The van der Waals surface area contributed by atoms with Crippen LogP contribution in [-0.2, 0) is 35.5 Å². The molecule has 8 rings (SSSR count). The number of fused-ring (bicyclic) bond motifs is 2. The van der Waals surface area contributed by atoms with Gasteiger partial charge in [0.1, 0.15) is 11.5 Å².